The van der Waals surface area contributed by atoms with Gasteiger partial charge < -0.3 is 5.11 Å². The largest absolute Gasteiger partial charge is 0.478 e. The van der Waals surface area contributed by atoms with Crippen LogP contribution >= 0.6 is 0 Å². The van der Waals surface area contributed by atoms with Crippen LogP contribution in [-0.4, -0.2) is 16.1 Å². The zero-order valence-electron chi connectivity index (χ0n) is 8.98. The number of carbonyl (C=O) groups is 1. The Labute approximate surface area is 96.9 Å². The van der Waals surface area contributed by atoms with Gasteiger partial charge in [-0.15, -0.1) is 0 Å². The van der Waals surface area contributed by atoms with Crippen molar-refractivity contribution in [1.29, 1.82) is 0 Å². The molecule has 86 valence electrons. The smallest absolute Gasteiger partial charge is 0.336 e. The molecule has 1 aromatic carbocycles. The Morgan fingerprint density at radius 1 is 1.35 bits per heavy atom. The maximum atomic E-state index is 13.1. The summed E-state index contributed by atoms with van der Waals surface area (Å²) in [6, 6.07) is 5.62. The Hall–Kier alpha value is -1.97. The Bertz CT molecular complexity index is 620. The molecule has 3 nitrogen and oxygen atoms in total. The molecule has 0 unspecified atom stereocenters. The maximum Gasteiger partial charge on any atom is 0.336 e. The van der Waals surface area contributed by atoms with E-state index in [-0.39, 0.29) is 5.56 Å². The molecule has 1 heterocycles. The summed E-state index contributed by atoms with van der Waals surface area (Å²) in [5, 5.41) is 9.65. The summed E-state index contributed by atoms with van der Waals surface area (Å²) in [5.74, 6) is -1.04. The van der Waals surface area contributed by atoms with Crippen molar-refractivity contribution in [2.45, 2.75) is 18.8 Å². The lowest BCUT2D eigenvalue weighted by Crippen LogP contribution is -2.01. The summed E-state index contributed by atoms with van der Waals surface area (Å²) in [6.07, 6.45) is 2.07. The van der Waals surface area contributed by atoms with Crippen LogP contribution in [0.1, 0.15) is 34.8 Å². The van der Waals surface area contributed by atoms with Gasteiger partial charge in [-0.25, -0.2) is 9.18 Å². The van der Waals surface area contributed by atoms with Crippen molar-refractivity contribution in [3.63, 3.8) is 0 Å². The molecule has 0 amide bonds. The number of carboxylic acid groups (broad SMARTS) is 1. The van der Waals surface area contributed by atoms with Gasteiger partial charge in [0.2, 0.25) is 0 Å². The molecule has 1 aromatic heterocycles. The quantitative estimate of drug-likeness (QED) is 0.864. The van der Waals surface area contributed by atoms with E-state index in [9.17, 15) is 9.18 Å². The summed E-state index contributed by atoms with van der Waals surface area (Å²) >= 11 is 0. The van der Waals surface area contributed by atoms with Crippen LogP contribution in [0, 0.1) is 5.82 Å². The van der Waals surface area contributed by atoms with E-state index in [0.29, 0.717) is 16.8 Å². The van der Waals surface area contributed by atoms with Crippen molar-refractivity contribution in [3.05, 3.63) is 41.3 Å². The van der Waals surface area contributed by atoms with Crippen LogP contribution in [0.25, 0.3) is 10.9 Å². The number of nitrogens with zero attached hydrogens (tertiary/aromatic N) is 1. The minimum absolute atomic E-state index is 0.205. The van der Waals surface area contributed by atoms with Crippen LogP contribution in [0.3, 0.4) is 0 Å². The second-order valence-electron chi connectivity index (χ2n) is 4.34. The highest BCUT2D eigenvalue weighted by atomic mass is 19.1. The van der Waals surface area contributed by atoms with Gasteiger partial charge in [0.1, 0.15) is 5.82 Å². The van der Waals surface area contributed by atoms with Crippen LogP contribution in [0.2, 0.25) is 0 Å². The fourth-order valence-corrected chi connectivity index (χ4v) is 1.99. The molecule has 1 aliphatic rings. The average Bonchev–Trinajstić information content (AvgIpc) is 3.10. The van der Waals surface area contributed by atoms with Gasteiger partial charge in [0.15, 0.2) is 0 Å². The Morgan fingerprint density at radius 2 is 2.12 bits per heavy atom. The molecule has 0 bridgehead atoms. The van der Waals surface area contributed by atoms with E-state index in [0.717, 1.165) is 18.5 Å². The van der Waals surface area contributed by atoms with E-state index in [4.69, 9.17) is 5.11 Å². The van der Waals surface area contributed by atoms with Crippen LogP contribution < -0.4 is 0 Å². The number of aromatic carboxylic acids is 1. The van der Waals surface area contributed by atoms with Gasteiger partial charge in [-0.2, -0.15) is 0 Å². The van der Waals surface area contributed by atoms with Gasteiger partial charge in [-0.05, 0) is 31.0 Å². The highest BCUT2D eigenvalue weighted by Gasteiger charge is 2.26. The number of benzene rings is 1. The molecule has 1 aliphatic carbocycles. The Morgan fingerprint density at radius 3 is 2.76 bits per heavy atom. The zero-order valence-corrected chi connectivity index (χ0v) is 8.98. The van der Waals surface area contributed by atoms with Gasteiger partial charge in [-0.3, -0.25) is 4.98 Å². The number of hydrogen-bond acceptors (Lipinski definition) is 2. The molecule has 0 saturated heterocycles. The standard InChI is InChI=1S/C13H10FNO2/c14-8-3-4-9-10(13(16)17)6-11(7-1-2-7)15-12(9)5-8/h3-7H,1-2H2,(H,16,17). The van der Waals surface area contributed by atoms with Crippen LogP contribution in [0.15, 0.2) is 24.3 Å². The first-order valence-electron chi connectivity index (χ1n) is 5.48. The third-order valence-electron chi connectivity index (χ3n) is 3.02. The maximum absolute atomic E-state index is 13.1. The molecular formula is C13H10FNO2. The molecule has 0 atom stereocenters. The lowest BCUT2D eigenvalue weighted by molar-refractivity contribution is 0.0699. The second kappa shape index (κ2) is 3.52. The molecule has 1 fully saturated rings. The van der Waals surface area contributed by atoms with Gasteiger partial charge in [0, 0.05) is 23.1 Å². The van der Waals surface area contributed by atoms with E-state index in [1.54, 1.807) is 6.07 Å². The summed E-state index contributed by atoms with van der Waals surface area (Å²) in [5.41, 5.74) is 1.39. The predicted molar refractivity (Wildman–Crippen MR) is 60.6 cm³/mol. The molecule has 2 aromatic rings. The van der Waals surface area contributed by atoms with E-state index in [1.165, 1.54) is 18.2 Å². The zero-order chi connectivity index (χ0) is 12.0. The highest BCUT2D eigenvalue weighted by molar-refractivity contribution is 6.02. The Balaban J connectivity index is 2.30. The molecular weight excluding hydrogens is 221 g/mol. The SMILES string of the molecule is O=C(O)c1cc(C2CC2)nc2cc(F)ccc12. The van der Waals surface area contributed by atoms with Crippen LogP contribution in [-0.2, 0) is 0 Å². The van der Waals surface area contributed by atoms with Crippen molar-refractivity contribution < 1.29 is 14.3 Å². The number of aromatic nitrogens is 1. The number of fused-ring (bicyclic) bond motifs is 1. The summed E-state index contributed by atoms with van der Waals surface area (Å²) < 4.78 is 13.1. The summed E-state index contributed by atoms with van der Waals surface area (Å²) in [6.45, 7) is 0. The number of rotatable bonds is 2. The van der Waals surface area contributed by atoms with Gasteiger partial charge in [0.05, 0.1) is 11.1 Å². The van der Waals surface area contributed by atoms with E-state index in [1.807, 2.05) is 0 Å². The molecule has 1 N–H and O–H groups in total. The monoisotopic (exact) mass is 231 g/mol. The third-order valence-corrected chi connectivity index (χ3v) is 3.02. The summed E-state index contributed by atoms with van der Waals surface area (Å²) in [7, 11) is 0. The number of carboxylic acids is 1. The Kier molecular flexibility index (Phi) is 2.11. The fourth-order valence-electron chi connectivity index (χ4n) is 1.99. The molecule has 4 heteroatoms. The van der Waals surface area contributed by atoms with Crippen molar-refractivity contribution >= 4 is 16.9 Å². The van der Waals surface area contributed by atoms with Crippen molar-refractivity contribution in [3.8, 4) is 0 Å². The number of hydrogen-bond donors (Lipinski definition) is 1. The minimum atomic E-state index is -0.995. The van der Waals surface area contributed by atoms with Crippen LogP contribution in [0.5, 0.6) is 0 Å². The van der Waals surface area contributed by atoms with E-state index >= 15 is 0 Å². The average molecular weight is 231 g/mol. The molecule has 0 spiro atoms. The van der Waals surface area contributed by atoms with E-state index < -0.39 is 11.8 Å². The van der Waals surface area contributed by atoms with Crippen molar-refractivity contribution in [2.24, 2.45) is 0 Å². The van der Waals surface area contributed by atoms with Gasteiger partial charge in [0.25, 0.3) is 0 Å². The van der Waals surface area contributed by atoms with Crippen molar-refractivity contribution in [2.75, 3.05) is 0 Å². The first-order valence-corrected chi connectivity index (χ1v) is 5.48. The van der Waals surface area contributed by atoms with Gasteiger partial charge >= 0.3 is 5.97 Å². The molecule has 0 radical (unpaired) electrons. The highest BCUT2D eigenvalue weighted by Crippen LogP contribution is 2.40. The molecule has 3 rings (SSSR count). The predicted octanol–water partition coefficient (Wildman–Crippen LogP) is 2.95. The van der Waals surface area contributed by atoms with E-state index in [2.05, 4.69) is 4.98 Å². The van der Waals surface area contributed by atoms with Crippen LogP contribution in [0.4, 0.5) is 4.39 Å². The molecule has 17 heavy (non-hydrogen) atoms. The minimum Gasteiger partial charge on any atom is -0.478 e. The fraction of sp³-hybridized carbons (Fsp3) is 0.231. The first-order chi connectivity index (χ1) is 8.15. The number of pyridine rings is 1. The summed E-state index contributed by atoms with van der Waals surface area (Å²) in [4.78, 5) is 15.5. The normalized spacial score (nSPS) is 15.1. The van der Waals surface area contributed by atoms with Gasteiger partial charge in [-0.1, -0.05) is 0 Å². The third kappa shape index (κ3) is 1.75. The topological polar surface area (TPSA) is 50.2 Å². The second-order valence-corrected chi connectivity index (χ2v) is 4.34. The van der Waals surface area contributed by atoms with Crippen molar-refractivity contribution in [1.82, 2.24) is 4.98 Å². The molecule has 1 saturated carbocycles. The molecule has 0 aliphatic heterocycles. The lowest BCUT2D eigenvalue weighted by Gasteiger charge is -2.05. The lowest BCUT2D eigenvalue weighted by atomic mass is 10.1. The number of halogens is 1. The first kappa shape index (κ1) is 10.2.